The van der Waals surface area contributed by atoms with Crippen LogP contribution >= 0.6 is 11.6 Å². The van der Waals surface area contributed by atoms with Crippen LogP contribution in [0.4, 0.5) is 0 Å². The molecule has 19 heavy (non-hydrogen) atoms. The molecule has 1 N–H and O–H groups in total. The van der Waals surface area contributed by atoms with E-state index in [9.17, 15) is 0 Å². The second-order valence-electron chi connectivity index (χ2n) is 5.82. The lowest BCUT2D eigenvalue weighted by atomic mass is 9.91. The normalized spacial score (nSPS) is 23.2. The zero-order valence-corrected chi connectivity index (χ0v) is 12.8. The van der Waals surface area contributed by atoms with E-state index in [2.05, 4.69) is 36.3 Å². The summed E-state index contributed by atoms with van der Waals surface area (Å²) in [5.74, 6) is 0. The zero-order chi connectivity index (χ0) is 13.7. The monoisotopic (exact) mass is 280 g/mol. The first-order chi connectivity index (χ1) is 9.15. The van der Waals surface area contributed by atoms with Gasteiger partial charge in [-0.3, -0.25) is 0 Å². The highest BCUT2D eigenvalue weighted by molar-refractivity contribution is 6.31. The van der Waals surface area contributed by atoms with E-state index in [0.717, 1.165) is 18.1 Å². The number of halogens is 1. The predicted molar refractivity (Wildman–Crippen MR) is 82.7 cm³/mol. The number of benzene rings is 1. The Morgan fingerprint density at radius 2 is 2.16 bits per heavy atom. The van der Waals surface area contributed by atoms with Crippen molar-refractivity contribution in [3.63, 3.8) is 0 Å². The first-order valence-corrected chi connectivity index (χ1v) is 7.70. The van der Waals surface area contributed by atoms with E-state index in [1.165, 1.54) is 37.8 Å². The molecule has 0 spiro atoms. The molecular formula is C16H25ClN2. The molecule has 0 aliphatic carbocycles. The third-order valence-corrected chi connectivity index (χ3v) is 4.40. The molecule has 0 aromatic heterocycles. The Labute approximate surface area is 122 Å². The van der Waals surface area contributed by atoms with Crippen molar-refractivity contribution in [1.29, 1.82) is 0 Å². The summed E-state index contributed by atoms with van der Waals surface area (Å²) in [6.07, 6.45) is 5.11. The van der Waals surface area contributed by atoms with Crippen LogP contribution in [0.2, 0.25) is 5.02 Å². The van der Waals surface area contributed by atoms with Crippen LogP contribution in [0.3, 0.4) is 0 Å². The van der Waals surface area contributed by atoms with E-state index < -0.39 is 0 Å². The van der Waals surface area contributed by atoms with E-state index in [4.69, 9.17) is 11.6 Å². The molecular weight excluding hydrogens is 256 g/mol. The Bertz CT molecular complexity index is 399. The van der Waals surface area contributed by atoms with E-state index in [1.807, 2.05) is 12.1 Å². The van der Waals surface area contributed by atoms with Gasteiger partial charge in [0.2, 0.25) is 0 Å². The van der Waals surface area contributed by atoms with Crippen LogP contribution in [-0.4, -0.2) is 30.6 Å². The molecule has 3 heteroatoms. The molecule has 1 aliphatic rings. The molecule has 1 aromatic carbocycles. The maximum absolute atomic E-state index is 6.24. The summed E-state index contributed by atoms with van der Waals surface area (Å²) in [6, 6.07) is 8.14. The minimum absolute atomic E-state index is 0.324. The smallest absolute Gasteiger partial charge is 0.0451 e. The molecule has 1 atom stereocenters. The lowest BCUT2D eigenvalue weighted by molar-refractivity contribution is 0.208. The van der Waals surface area contributed by atoms with Gasteiger partial charge >= 0.3 is 0 Å². The summed E-state index contributed by atoms with van der Waals surface area (Å²) < 4.78 is 0. The van der Waals surface area contributed by atoms with Crippen LogP contribution < -0.4 is 5.32 Å². The van der Waals surface area contributed by atoms with Crippen LogP contribution in [-0.2, 0) is 6.54 Å². The zero-order valence-electron chi connectivity index (χ0n) is 12.1. The van der Waals surface area contributed by atoms with Crippen LogP contribution in [0.5, 0.6) is 0 Å². The number of nitrogens with one attached hydrogen (secondary N) is 1. The maximum atomic E-state index is 6.24. The summed E-state index contributed by atoms with van der Waals surface area (Å²) in [6.45, 7) is 5.47. The van der Waals surface area contributed by atoms with Gasteiger partial charge < -0.3 is 10.2 Å². The molecule has 0 bridgehead atoms. The van der Waals surface area contributed by atoms with Gasteiger partial charge in [-0.15, -0.1) is 0 Å². The SMILES string of the molecule is CCCC1(CN(C)Cc2ccccc2Cl)CCCN1. The lowest BCUT2D eigenvalue weighted by Crippen LogP contribution is -2.48. The van der Waals surface area contributed by atoms with Gasteiger partial charge in [-0.25, -0.2) is 0 Å². The number of likely N-dealkylation sites (N-methyl/N-ethyl adjacent to an activating group) is 1. The lowest BCUT2D eigenvalue weighted by Gasteiger charge is -2.34. The van der Waals surface area contributed by atoms with Crippen LogP contribution in [0.15, 0.2) is 24.3 Å². The predicted octanol–water partition coefficient (Wildman–Crippen LogP) is 3.69. The average molecular weight is 281 g/mol. The molecule has 2 rings (SSSR count). The van der Waals surface area contributed by atoms with Crippen molar-refractivity contribution < 1.29 is 0 Å². The van der Waals surface area contributed by atoms with Gasteiger partial charge in [-0.2, -0.15) is 0 Å². The summed E-state index contributed by atoms with van der Waals surface area (Å²) in [4.78, 5) is 2.40. The van der Waals surface area contributed by atoms with Crippen molar-refractivity contribution >= 4 is 11.6 Å². The fourth-order valence-corrected chi connectivity index (χ4v) is 3.46. The highest BCUT2D eigenvalue weighted by Gasteiger charge is 2.33. The second-order valence-corrected chi connectivity index (χ2v) is 6.23. The second kappa shape index (κ2) is 6.74. The Balaban J connectivity index is 1.96. The molecule has 2 nitrogen and oxygen atoms in total. The van der Waals surface area contributed by atoms with Gasteiger partial charge in [0.1, 0.15) is 0 Å². The highest BCUT2D eigenvalue weighted by Crippen LogP contribution is 2.26. The van der Waals surface area contributed by atoms with Crippen molar-refractivity contribution in [1.82, 2.24) is 10.2 Å². The standard InChI is InChI=1S/C16H25ClN2/c1-3-9-16(10-6-11-18-16)13-19(2)12-14-7-4-5-8-15(14)17/h4-5,7-8,18H,3,6,9-13H2,1-2H3. The molecule has 106 valence electrons. The van der Waals surface area contributed by atoms with Gasteiger partial charge in [-0.1, -0.05) is 43.1 Å². The minimum Gasteiger partial charge on any atom is -0.310 e. The molecule has 0 amide bonds. The summed E-state index contributed by atoms with van der Waals surface area (Å²) >= 11 is 6.24. The van der Waals surface area contributed by atoms with E-state index >= 15 is 0 Å². The molecule has 1 saturated heterocycles. The fourth-order valence-electron chi connectivity index (χ4n) is 3.26. The fraction of sp³-hybridized carbons (Fsp3) is 0.625. The number of nitrogens with zero attached hydrogens (tertiary/aromatic N) is 1. The third kappa shape index (κ3) is 3.95. The Morgan fingerprint density at radius 3 is 2.79 bits per heavy atom. The van der Waals surface area contributed by atoms with Gasteiger partial charge in [0, 0.05) is 23.7 Å². The summed E-state index contributed by atoms with van der Waals surface area (Å²) in [7, 11) is 2.20. The Hall–Kier alpha value is -0.570. The van der Waals surface area contributed by atoms with Gasteiger partial charge in [0.15, 0.2) is 0 Å². The van der Waals surface area contributed by atoms with Crippen molar-refractivity contribution in [3.8, 4) is 0 Å². The van der Waals surface area contributed by atoms with E-state index in [-0.39, 0.29) is 0 Å². The first-order valence-electron chi connectivity index (χ1n) is 7.32. The number of hydrogen-bond acceptors (Lipinski definition) is 2. The first kappa shape index (κ1) is 14.8. The van der Waals surface area contributed by atoms with Crippen LogP contribution in [0, 0.1) is 0 Å². The van der Waals surface area contributed by atoms with Crippen LogP contribution in [0.25, 0.3) is 0 Å². The molecule has 0 saturated carbocycles. The van der Waals surface area contributed by atoms with Gasteiger partial charge in [-0.05, 0) is 44.5 Å². The Kier molecular flexibility index (Phi) is 5.26. The van der Waals surface area contributed by atoms with Crippen molar-refractivity contribution in [2.24, 2.45) is 0 Å². The highest BCUT2D eigenvalue weighted by atomic mass is 35.5. The molecule has 1 fully saturated rings. The third-order valence-electron chi connectivity index (χ3n) is 4.03. The molecule has 1 aromatic rings. The largest absolute Gasteiger partial charge is 0.310 e. The van der Waals surface area contributed by atoms with E-state index in [0.29, 0.717) is 5.54 Å². The maximum Gasteiger partial charge on any atom is 0.0451 e. The summed E-state index contributed by atoms with van der Waals surface area (Å²) in [5.41, 5.74) is 1.54. The number of rotatable bonds is 6. The number of hydrogen-bond donors (Lipinski definition) is 1. The quantitative estimate of drug-likeness (QED) is 0.855. The van der Waals surface area contributed by atoms with Crippen LogP contribution in [0.1, 0.15) is 38.2 Å². The topological polar surface area (TPSA) is 15.3 Å². The van der Waals surface area contributed by atoms with E-state index in [1.54, 1.807) is 0 Å². The van der Waals surface area contributed by atoms with Gasteiger partial charge in [0.25, 0.3) is 0 Å². The molecule has 1 aliphatic heterocycles. The van der Waals surface area contributed by atoms with Gasteiger partial charge in [0.05, 0.1) is 0 Å². The Morgan fingerprint density at radius 1 is 1.37 bits per heavy atom. The average Bonchev–Trinajstić information content (AvgIpc) is 2.81. The van der Waals surface area contributed by atoms with Crippen molar-refractivity contribution in [2.75, 3.05) is 20.1 Å². The summed E-state index contributed by atoms with van der Waals surface area (Å²) in [5, 5.41) is 4.60. The molecule has 0 radical (unpaired) electrons. The molecule has 1 heterocycles. The van der Waals surface area contributed by atoms with Crippen molar-refractivity contribution in [3.05, 3.63) is 34.9 Å². The minimum atomic E-state index is 0.324. The van der Waals surface area contributed by atoms with Crippen molar-refractivity contribution in [2.45, 2.75) is 44.7 Å². The molecule has 1 unspecified atom stereocenters.